The lowest BCUT2D eigenvalue weighted by Gasteiger charge is -2.40. The van der Waals surface area contributed by atoms with Gasteiger partial charge < -0.3 is 15.6 Å². The van der Waals surface area contributed by atoms with Gasteiger partial charge in [-0.15, -0.1) is 0 Å². The summed E-state index contributed by atoms with van der Waals surface area (Å²) in [6.45, 7) is 0. The number of nitrogens with two attached hydrogens (primary N) is 1. The number of rotatable bonds is 1. The van der Waals surface area contributed by atoms with Crippen molar-refractivity contribution in [2.45, 2.75) is 37.8 Å². The first-order valence-electron chi connectivity index (χ1n) is 6.95. The van der Waals surface area contributed by atoms with Gasteiger partial charge in [-0.2, -0.15) is 0 Å². The topological polar surface area (TPSA) is 98.7 Å². The van der Waals surface area contributed by atoms with Crippen LogP contribution in [0.4, 0.5) is 5.82 Å². The predicted octanol–water partition coefficient (Wildman–Crippen LogP) is 0.638. The van der Waals surface area contributed by atoms with Crippen molar-refractivity contribution in [1.29, 1.82) is 0 Å². The van der Waals surface area contributed by atoms with Gasteiger partial charge in [0, 0.05) is 12.5 Å². The lowest BCUT2D eigenvalue weighted by atomic mass is 9.77. The Labute approximate surface area is 115 Å². The average Bonchev–Trinajstić information content (AvgIpc) is 2.84. The summed E-state index contributed by atoms with van der Waals surface area (Å²) >= 11 is 0. The SMILES string of the molecule is Nc1ncnc2c1ncn2C1CCC2CC(=O)NC1C2. The minimum atomic E-state index is 0.162. The summed E-state index contributed by atoms with van der Waals surface area (Å²) in [7, 11) is 0. The van der Waals surface area contributed by atoms with E-state index in [1.807, 2.05) is 4.57 Å². The Kier molecular flexibility index (Phi) is 2.42. The first kappa shape index (κ1) is 11.6. The molecule has 7 nitrogen and oxygen atoms in total. The molecule has 2 fully saturated rings. The van der Waals surface area contributed by atoms with E-state index in [0.717, 1.165) is 24.9 Å². The van der Waals surface area contributed by atoms with Gasteiger partial charge >= 0.3 is 0 Å². The molecule has 1 aliphatic carbocycles. The number of carbonyl (C=O) groups is 1. The molecular formula is C13H16N6O. The van der Waals surface area contributed by atoms with E-state index in [1.165, 1.54) is 6.33 Å². The Hall–Kier alpha value is -2.18. The van der Waals surface area contributed by atoms with Crippen LogP contribution in [0.25, 0.3) is 11.2 Å². The standard InChI is InChI=1S/C13H16N6O/c14-12-11-13(16-5-15-12)19(6-17-11)9-2-1-7-3-8(9)18-10(20)4-7/h5-9H,1-4H2,(H,18,20)(H2,14,15,16). The number of nitrogen functional groups attached to an aromatic ring is 1. The molecule has 3 heterocycles. The van der Waals surface area contributed by atoms with Gasteiger partial charge in [0.25, 0.3) is 0 Å². The third kappa shape index (κ3) is 1.65. The molecule has 2 aromatic rings. The number of amides is 1. The molecule has 1 saturated carbocycles. The summed E-state index contributed by atoms with van der Waals surface area (Å²) in [4.78, 5) is 24.3. The van der Waals surface area contributed by atoms with Gasteiger partial charge in [-0.1, -0.05) is 0 Å². The summed E-state index contributed by atoms with van der Waals surface area (Å²) < 4.78 is 2.04. The Morgan fingerprint density at radius 2 is 2.20 bits per heavy atom. The highest BCUT2D eigenvalue weighted by Gasteiger charge is 2.37. The average molecular weight is 272 g/mol. The molecule has 1 amide bonds. The van der Waals surface area contributed by atoms with Gasteiger partial charge in [0.2, 0.25) is 5.91 Å². The molecule has 3 N–H and O–H groups in total. The van der Waals surface area contributed by atoms with E-state index in [9.17, 15) is 4.79 Å². The number of imidazole rings is 1. The van der Waals surface area contributed by atoms with Crippen molar-refractivity contribution < 1.29 is 4.79 Å². The smallest absolute Gasteiger partial charge is 0.220 e. The number of hydrogen-bond donors (Lipinski definition) is 2. The van der Waals surface area contributed by atoms with E-state index in [1.54, 1.807) is 6.33 Å². The lowest BCUT2D eigenvalue weighted by Crippen LogP contribution is -2.49. The fraction of sp³-hybridized carbons (Fsp3) is 0.538. The number of aromatic nitrogens is 4. The predicted molar refractivity (Wildman–Crippen MR) is 72.7 cm³/mol. The van der Waals surface area contributed by atoms with Crippen molar-refractivity contribution in [2.75, 3.05) is 5.73 Å². The Bertz CT molecular complexity index is 681. The summed E-state index contributed by atoms with van der Waals surface area (Å²) in [6.07, 6.45) is 7.04. The molecule has 1 saturated heterocycles. The van der Waals surface area contributed by atoms with Gasteiger partial charge in [-0.05, 0) is 25.2 Å². The van der Waals surface area contributed by atoms with E-state index >= 15 is 0 Å². The van der Waals surface area contributed by atoms with Crippen molar-refractivity contribution in [3.8, 4) is 0 Å². The monoisotopic (exact) mass is 272 g/mol. The van der Waals surface area contributed by atoms with Gasteiger partial charge in [0.05, 0.1) is 12.4 Å². The summed E-state index contributed by atoms with van der Waals surface area (Å²) in [5, 5.41) is 3.10. The molecule has 2 aliphatic rings. The van der Waals surface area contributed by atoms with Crippen molar-refractivity contribution in [3.05, 3.63) is 12.7 Å². The minimum absolute atomic E-state index is 0.162. The molecular weight excluding hydrogens is 256 g/mol. The van der Waals surface area contributed by atoms with Gasteiger partial charge in [-0.25, -0.2) is 15.0 Å². The molecule has 4 rings (SSSR count). The van der Waals surface area contributed by atoms with Crippen LogP contribution in [-0.2, 0) is 4.79 Å². The number of hydrogen-bond acceptors (Lipinski definition) is 5. The lowest BCUT2D eigenvalue weighted by molar-refractivity contribution is -0.126. The zero-order valence-electron chi connectivity index (χ0n) is 11.0. The molecule has 2 aromatic heterocycles. The number of anilines is 1. The maximum atomic E-state index is 11.7. The third-order valence-electron chi connectivity index (χ3n) is 4.49. The van der Waals surface area contributed by atoms with Gasteiger partial charge in [0.1, 0.15) is 11.8 Å². The van der Waals surface area contributed by atoms with E-state index in [-0.39, 0.29) is 18.0 Å². The largest absolute Gasteiger partial charge is 0.382 e. The van der Waals surface area contributed by atoms with Crippen molar-refractivity contribution in [3.63, 3.8) is 0 Å². The highest BCUT2D eigenvalue weighted by Crippen LogP contribution is 2.38. The summed E-state index contributed by atoms with van der Waals surface area (Å²) in [5.74, 6) is 1.09. The van der Waals surface area contributed by atoms with Crippen molar-refractivity contribution in [2.24, 2.45) is 5.92 Å². The number of nitrogens with one attached hydrogen (secondary N) is 1. The van der Waals surface area contributed by atoms with E-state index in [4.69, 9.17) is 5.73 Å². The second kappa shape index (κ2) is 4.16. The first-order chi connectivity index (χ1) is 9.72. The van der Waals surface area contributed by atoms with Crippen LogP contribution in [0.1, 0.15) is 31.7 Å². The second-order valence-corrected chi connectivity index (χ2v) is 5.71. The quantitative estimate of drug-likeness (QED) is 0.793. The summed E-state index contributed by atoms with van der Waals surface area (Å²) in [6, 6.07) is 0.374. The van der Waals surface area contributed by atoms with E-state index in [0.29, 0.717) is 23.7 Å². The Morgan fingerprint density at radius 3 is 3.10 bits per heavy atom. The van der Waals surface area contributed by atoms with Gasteiger partial charge in [-0.3, -0.25) is 4.79 Å². The zero-order chi connectivity index (χ0) is 13.7. The fourth-order valence-electron chi connectivity index (χ4n) is 3.56. The van der Waals surface area contributed by atoms with Crippen LogP contribution >= 0.6 is 0 Å². The zero-order valence-corrected chi connectivity index (χ0v) is 11.0. The first-order valence-corrected chi connectivity index (χ1v) is 6.95. The highest BCUT2D eigenvalue weighted by molar-refractivity contribution is 5.81. The number of carbonyl (C=O) groups excluding carboxylic acids is 1. The molecule has 0 aromatic carbocycles. The second-order valence-electron chi connectivity index (χ2n) is 5.71. The maximum absolute atomic E-state index is 11.7. The fourth-order valence-corrected chi connectivity index (χ4v) is 3.56. The molecule has 104 valence electrons. The molecule has 3 atom stereocenters. The molecule has 20 heavy (non-hydrogen) atoms. The molecule has 1 aliphatic heterocycles. The number of piperidine rings is 1. The van der Waals surface area contributed by atoms with Crippen molar-refractivity contribution in [1.82, 2.24) is 24.8 Å². The van der Waals surface area contributed by atoms with E-state index in [2.05, 4.69) is 20.3 Å². The van der Waals surface area contributed by atoms with Crippen LogP contribution in [0.3, 0.4) is 0 Å². The van der Waals surface area contributed by atoms with Crippen LogP contribution in [0.2, 0.25) is 0 Å². The minimum Gasteiger partial charge on any atom is -0.382 e. The van der Waals surface area contributed by atoms with E-state index < -0.39 is 0 Å². The van der Waals surface area contributed by atoms with Crippen molar-refractivity contribution >= 4 is 22.9 Å². The number of fused-ring (bicyclic) bond motifs is 3. The van der Waals surface area contributed by atoms with Gasteiger partial charge in [0.15, 0.2) is 11.5 Å². The molecule has 2 bridgehead atoms. The molecule has 0 radical (unpaired) electrons. The van der Waals surface area contributed by atoms with Crippen LogP contribution < -0.4 is 11.1 Å². The van der Waals surface area contributed by atoms with Crippen LogP contribution in [0, 0.1) is 5.92 Å². The highest BCUT2D eigenvalue weighted by atomic mass is 16.1. The maximum Gasteiger partial charge on any atom is 0.220 e. The molecule has 3 unspecified atom stereocenters. The van der Waals surface area contributed by atoms with Crippen LogP contribution in [0.5, 0.6) is 0 Å². The Morgan fingerprint density at radius 1 is 1.30 bits per heavy atom. The third-order valence-corrected chi connectivity index (χ3v) is 4.49. The van der Waals surface area contributed by atoms with Crippen LogP contribution in [-0.4, -0.2) is 31.5 Å². The van der Waals surface area contributed by atoms with Crippen LogP contribution in [0.15, 0.2) is 12.7 Å². The molecule has 7 heteroatoms. The Balaban J connectivity index is 1.75. The summed E-state index contributed by atoms with van der Waals surface area (Å²) in [5.41, 5.74) is 7.21. The normalized spacial score (nSPS) is 29.4. The molecule has 0 spiro atoms. The number of nitrogens with zero attached hydrogens (tertiary/aromatic N) is 4.